The Bertz CT molecular complexity index is 332. The number of nitrogens with two attached hydrogens (primary N) is 1. The molecule has 1 aliphatic heterocycles. The van der Waals surface area contributed by atoms with Crippen molar-refractivity contribution in [3.05, 3.63) is 0 Å². The lowest BCUT2D eigenvalue weighted by atomic mass is 9.79. The van der Waals surface area contributed by atoms with Crippen LogP contribution in [0.25, 0.3) is 0 Å². The van der Waals surface area contributed by atoms with E-state index in [-0.39, 0.29) is 5.92 Å². The highest BCUT2D eigenvalue weighted by Gasteiger charge is 2.35. The molecule has 2 rings (SSSR count). The van der Waals surface area contributed by atoms with E-state index in [2.05, 4.69) is 11.8 Å². The van der Waals surface area contributed by atoms with Gasteiger partial charge >= 0.3 is 0 Å². The Labute approximate surface area is 121 Å². The second kappa shape index (κ2) is 6.41. The van der Waals surface area contributed by atoms with Crippen LogP contribution in [0.1, 0.15) is 45.4 Å². The van der Waals surface area contributed by atoms with Gasteiger partial charge in [0.1, 0.15) is 6.10 Å². The van der Waals surface area contributed by atoms with Crippen LogP contribution in [0.3, 0.4) is 0 Å². The number of likely N-dealkylation sites (tertiary alicyclic amines) is 1. The highest BCUT2D eigenvalue weighted by Crippen LogP contribution is 2.33. The summed E-state index contributed by atoms with van der Waals surface area (Å²) >= 11 is 0. The third-order valence-corrected chi connectivity index (χ3v) is 5.09. The lowest BCUT2D eigenvalue weighted by molar-refractivity contribution is -0.130. The van der Waals surface area contributed by atoms with Crippen LogP contribution in [0, 0.1) is 11.8 Å². The minimum Gasteiger partial charge on any atom is -0.389 e. The van der Waals surface area contributed by atoms with Crippen molar-refractivity contribution in [2.75, 3.05) is 19.6 Å². The smallest absolute Gasteiger partial charge is 0.246 e. The molecule has 0 bridgehead atoms. The van der Waals surface area contributed by atoms with E-state index in [0.29, 0.717) is 0 Å². The summed E-state index contributed by atoms with van der Waals surface area (Å²) in [5, 5.41) is 20.3. The van der Waals surface area contributed by atoms with Gasteiger partial charge in [-0.1, -0.05) is 6.92 Å². The Hall–Kier alpha value is -0.650. The molecular formula is C15H28N2O3. The number of amides is 1. The zero-order valence-electron chi connectivity index (χ0n) is 12.4. The number of hydrogen-bond donors (Lipinski definition) is 3. The standard InChI is InChI=1S/C15H28N2O3/c1-11-2-6-15(20,7-3-11)10-17-8-4-12(5-9-17)13(18)14(16)19/h11-13,18,20H,2-10H2,1H3,(H2,16,19)/t11?,13-,15?/m0/s1. The molecule has 1 aliphatic carbocycles. The van der Waals surface area contributed by atoms with E-state index >= 15 is 0 Å². The molecule has 4 N–H and O–H groups in total. The summed E-state index contributed by atoms with van der Waals surface area (Å²) < 4.78 is 0. The third kappa shape index (κ3) is 3.93. The largest absolute Gasteiger partial charge is 0.389 e. The maximum atomic E-state index is 11.0. The molecule has 2 fully saturated rings. The highest BCUT2D eigenvalue weighted by atomic mass is 16.3. The number of carbonyl (C=O) groups is 1. The molecule has 5 nitrogen and oxygen atoms in total. The van der Waals surface area contributed by atoms with Gasteiger partial charge in [-0.2, -0.15) is 0 Å². The van der Waals surface area contributed by atoms with Gasteiger partial charge < -0.3 is 20.8 Å². The number of aliphatic hydroxyl groups excluding tert-OH is 1. The van der Waals surface area contributed by atoms with Crippen LogP contribution in [-0.2, 0) is 4.79 Å². The van der Waals surface area contributed by atoms with Crippen LogP contribution in [0.4, 0.5) is 0 Å². The summed E-state index contributed by atoms with van der Waals surface area (Å²) in [7, 11) is 0. The second-order valence-electron chi connectivity index (χ2n) is 6.87. The first-order valence-electron chi connectivity index (χ1n) is 7.82. The van der Waals surface area contributed by atoms with Crippen LogP contribution in [-0.4, -0.2) is 52.4 Å². The number of rotatable bonds is 4. The number of piperidine rings is 1. The van der Waals surface area contributed by atoms with Gasteiger partial charge in [-0.05, 0) is 63.5 Å². The molecule has 0 unspecified atom stereocenters. The Kier molecular flexibility index (Phi) is 5.04. The first kappa shape index (κ1) is 15.7. The van der Waals surface area contributed by atoms with Crippen molar-refractivity contribution in [2.45, 2.75) is 57.2 Å². The predicted octanol–water partition coefficient (Wildman–Crippen LogP) is 0.486. The molecule has 0 spiro atoms. The molecule has 0 aromatic rings. The molecule has 20 heavy (non-hydrogen) atoms. The maximum Gasteiger partial charge on any atom is 0.246 e. The Morgan fingerprint density at radius 2 is 1.85 bits per heavy atom. The molecule has 1 atom stereocenters. The van der Waals surface area contributed by atoms with Gasteiger partial charge in [-0.25, -0.2) is 0 Å². The van der Waals surface area contributed by atoms with Crippen LogP contribution < -0.4 is 5.73 Å². The number of β-amino-alcohol motifs (C(OH)–C–C–N with tert-alkyl or cyclic N) is 1. The molecule has 5 heteroatoms. The Balaban J connectivity index is 1.78. The van der Waals surface area contributed by atoms with Crippen molar-refractivity contribution in [2.24, 2.45) is 17.6 Å². The number of primary amides is 1. The van der Waals surface area contributed by atoms with E-state index in [4.69, 9.17) is 5.73 Å². The van der Waals surface area contributed by atoms with Gasteiger partial charge in [0.15, 0.2) is 0 Å². The van der Waals surface area contributed by atoms with Crippen molar-refractivity contribution >= 4 is 5.91 Å². The topological polar surface area (TPSA) is 86.8 Å². The highest BCUT2D eigenvalue weighted by molar-refractivity contribution is 5.78. The Morgan fingerprint density at radius 1 is 1.30 bits per heavy atom. The lowest BCUT2D eigenvalue weighted by Crippen LogP contribution is -2.49. The molecule has 0 radical (unpaired) electrons. The summed E-state index contributed by atoms with van der Waals surface area (Å²) in [6.45, 7) is 4.62. The number of aliphatic hydroxyl groups is 2. The van der Waals surface area contributed by atoms with Crippen LogP contribution >= 0.6 is 0 Å². The first-order valence-corrected chi connectivity index (χ1v) is 7.82. The van der Waals surface area contributed by atoms with E-state index in [1.807, 2.05) is 0 Å². The maximum absolute atomic E-state index is 11.0. The lowest BCUT2D eigenvalue weighted by Gasteiger charge is -2.41. The Morgan fingerprint density at radius 3 is 2.35 bits per heavy atom. The van der Waals surface area contributed by atoms with Crippen molar-refractivity contribution in [1.29, 1.82) is 0 Å². The van der Waals surface area contributed by atoms with Gasteiger partial charge in [0, 0.05) is 6.54 Å². The molecule has 1 amide bonds. The van der Waals surface area contributed by atoms with E-state index in [9.17, 15) is 15.0 Å². The van der Waals surface area contributed by atoms with E-state index in [1.165, 1.54) is 0 Å². The normalized spacial score (nSPS) is 34.9. The van der Waals surface area contributed by atoms with Gasteiger partial charge in [0.05, 0.1) is 5.60 Å². The van der Waals surface area contributed by atoms with Crippen LogP contribution in [0.2, 0.25) is 0 Å². The zero-order valence-corrected chi connectivity index (χ0v) is 12.4. The van der Waals surface area contributed by atoms with Gasteiger partial charge in [0.25, 0.3) is 0 Å². The van der Waals surface area contributed by atoms with Crippen molar-refractivity contribution in [1.82, 2.24) is 4.90 Å². The van der Waals surface area contributed by atoms with E-state index in [0.717, 1.165) is 64.1 Å². The summed E-state index contributed by atoms with van der Waals surface area (Å²) in [4.78, 5) is 13.3. The minimum absolute atomic E-state index is 0.0234. The predicted molar refractivity (Wildman–Crippen MR) is 76.9 cm³/mol. The second-order valence-corrected chi connectivity index (χ2v) is 6.87. The first-order chi connectivity index (χ1) is 9.39. The molecule has 116 valence electrons. The number of nitrogens with zero attached hydrogens (tertiary/aromatic N) is 1. The van der Waals surface area contributed by atoms with Crippen LogP contribution in [0.15, 0.2) is 0 Å². The van der Waals surface area contributed by atoms with Crippen molar-refractivity contribution in [3.8, 4) is 0 Å². The fourth-order valence-corrected chi connectivity index (χ4v) is 3.53. The minimum atomic E-state index is -1.02. The third-order valence-electron chi connectivity index (χ3n) is 5.09. The number of hydrogen-bond acceptors (Lipinski definition) is 4. The van der Waals surface area contributed by atoms with Crippen molar-refractivity contribution in [3.63, 3.8) is 0 Å². The average Bonchev–Trinajstić information content (AvgIpc) is 2.42. The fraction of sp³-hybridized carbons (Fsp3) is 0.933. The van der Waals surface area contributed by atoms with Gasteiger partial charge in [-0.15, -0.1) is 0 Å². The van der Waals surface area contributed by atoms with Crippen molar-refractivity contribution < 1.29 is 15.0 Å². The summed E-state index contributed by atoms with van der Waals surface area (Å²) in [6, 6.07) is 0. The molecule has 1 saturated heterocycles. The zero-order chi connectivity index (χ0) is 14.8. The molecular weight excluding hydrogens is 256 g/mol. The average molecular weight is 284 g/mol. The quantitative estimate of drug-likeness (QED) is 0.701. The fourth-order valence-electron chi connectivity index (χ4n) is 3.53. The summed E-state index contributed by atoms with van der Waals surface area (Å²) in [5.74, 6) is 0.0832. The SMILES string of the molecule is CC1CCC(O)(CN2CCC([C@H](O)C(N)=O)CC2)CC1. The molecule has 2 aliphatic rings. The molecule has 1 saturated carbocycles. The molecule has 0 aromatic heterocycles. The van der Waals surface area contributed by atoms with E-state index in [1.54, 1.807) is 0 Å². The summed E-state index contributed by atoms with van der Waals surface area (Å²) in [6.07, 6.45) is 4.51. The van der Waals surface area contributed by atoms with Gasteiger partial charge in [0.2, 0.25) is 5.91 Å². The summed E-state index contributed by atoms with van der Waals surface area (Å²) in [5.41, 5.74) is 4.60. The van der Waals surface area contributed by atoms with E-state index < -0.39 is 17.6 Å². The van der Waals surface area contributed by atoms with Gasteiger partial charge in [-0.3, -0.25) is 4.79 Å². The molecule has 1 heterocycles. The number of carbonyl (C=O) groups excluding carboxylic acids is 1. The monoisotopic (exact) mass is 284 g/mol. The molecule has 0 aromatic carbocycles. The van der Waals surface area contributed by atoms with Crippen LogP contribution in [0.5, 0.6) is 0 Å².